The molecule has 0 bridgehead atoms. The lowest BCUT2D eigenvalue weighted by atomic mass is 9.97. The summed E-state index contributed by atoms with van der Waals surface area (Å²) in [7, 11) is 0. The average Bonchev–Trinajstić information content (AvgIpc) is 2.99. The van der Waals surface area contributed by atoms with Crippen molar-refractivity contribution in [2.45, 2.75) is 32.2 Å². The quantitative estimate of drug-likeness (QED) is 0.846. The Balaban J connectivity index is 2.02. The fraction of sp³-hybridized carbons (Fsp3) is 0.333. The summed E-state index contributed by atoms with van der Waals surface area (Å²) in [5.41, 5.74) is 0.632. The molecule has 0 saturated carbocycles. The summed E-state index contributed by atoms with van der Waals surface area (Å²) in [6.07, 6.45) is 1.60. The molecular formula is C15H17N3O4. The second-order valence-electron chi connectivity index (χ2n) is 5.56. The van der Waals surface area contributed by atoms with E-state index in [-0.39, 0.29) is 12.3 Å². The lowest BCUT2D eigenvalue weighted by Crippen LogP contribution is -2.43. The molecule has 0 unspecified atom stereocenters. The Labute approximate surface area is 127 Å². The van der Waals surface area contributed by atoms with Gasteiger partial charge in [-0.25, -0.2) is 0 Å². The van der Waals surface area contributed by atoms with E-state index in [0.717, 1.165) is 5.56 Å². The van der Waals surface area contributed by atoms with Gasteiger partial charge in [0.15, 0.2) is 0 Å². The minimum Gasteiger partial charge on any atom is -0.481 e. The highest BCUT2D eigenvalue weighted by atomic mass is 16.5. The van der Waals surface area contributed by atoms with Crippen molar-refractivity contribution in [3.05, 3.63) is 36.2 Å². The maximum Gasteiger partial charge on any atom is 0.303 e. The van der Waals surface area contributed by atoms with Gasteiger partial charge in [-0.1, -0.05) is 17.3 Å². The predicted molar refractivity (Wildman–Crippen MR) is 78.1 cm³/mol. The largest absolute Gasteiger partial charge is 0.481 e. The molecule has 7 heteroatoms. The van der Waals surface area contributed by atoms with E-state index >= 15 is 0 Å². The van der Waals surface area contributed by atoms with Gasteiger partial charge < -0.3 is 14.9 Å². The molecule has 0 aliphatic heterocycles. The molecule has 0 aliphatic carbocycles. The Bertz CT molecular complexity index is 648. The molecule has 1 aromatic carbocycles. The highest BCUT2D eigenvalue weighted by Crippen LogP contribution is 2.17. The summed E-state index contributed by atoms with van der Waals surface area (Å²) in [4.78, 5) is 26.7. The zero-order valence-corrected chi connectivity index (χ0v) is 12.4. The summed E-state index contributed by atoms with van der Waals surface area (Å²) < 4.78 is 4.67. The van der Waals surface area contributed by atoms with E-state index in [0.29, 0.717) is 17.8 Å². The number of carbonyl (C=O) groups is 2. The maximum absolute atomic E-state index is 12.2. The van der Waals surface area contributed by atoms with Crippen LogP contribution in [0, 0.1) is 0 Å². The zero-order chi connectivity index (χ0) is 16.2. The Hall–Kier alpha value is -2.70. The maximum atomic E-state index is 12.2. The molecule has 0 atom stereocenters. The number of carboxylic acid groups (broad SMARTS) is 1. The number of amides is 1. The number of rotatable bonds is 6. The first-order valence-corrected chi connectivity index (χ1v) is 6.78. The Morgan fingerprint density at radius 2 is 1.95 bits per heavy atom. The van der Waals surface area contributed by atoms with Gasteiger partial charge in [-0.3, -0.25) is 9.59 Å². The fourth-order valence-electron chi connectivity index (χ4n) is 1.93. The van der Waals surface area contributed by atoms with E-state index in [1.165, 1.54) is 6.39 Å². The van der Waals surface area contributed by atoms with Crippen LogP contribution < -0.4 is 5.32 Å². The number of nitrogens with zero attached hydrogens (tertiary/aromatic N) is 2. The average molecular weight is 303 g/mol. The molecule has 0 fully saturated rings. The van der Waals surface area contributed by atoms with Crippen LogP contribution in [0.2, 0.25) is 0 Å². The second-order valence-corrected chi connectivity index (χ2v) is 5.56. The van der Waals surface area contributed by atoms with E-state index in [2.05, 4.69) is 20.0 Å². The zero-order valence-electron chi connectivity index (χ0n) is 12.4. The van der Waals surface area contributed by atoms with Gasteiger partial charge in [0.05, 0.1) is 0 Å². The van der Waals surface area contributed by atoms with Crippen molar-refractivity contribution in [1.29, 1.82) is 0 Å². The number of hydrogen-bond acceptors (Lipinski definition) is 5. The van der Waals surface area contributed by atoms with Crippen LogP contribution in [0.15, 0.2) is 35.2 Å². The number of carbonyl (C=O) groups excluding carboxylic acids is 1. The van der Waals surface area contributed by atoms with Gasteiger partial charge in [0, 0.05) is 23.1 Å². The molecule has 0 saturated heterocycles. The number of hydrogen-bond donors (Lipinski definition) is 2. The lowest BCUT2D eigenvalue weighted by molar-refractivity contribution is -0.137. The Morgan fingerprint density at radius 3 is 2.50 bits per heavy atom. The van der Waals surface area contributed by atoms with Crippen LogP contribution in [0.25, 0.3) is 11.4 Å². The highest BCUT2D eigenvalue weighted by Gasteiger charge is 2.22. The first-order valence-electron chi connectivity index (χ1n) is 6.78. The molecule has 0 radical (unpaired) electrons. The van der Waals surface area contributed by atoms with Gasteiger partial charge in [0.1, 0.15) is 0 Å². The normalized spacial score (nSPS) is 11.2. The van der Waals surface area contributed by atoms with E-state index in [1.54, 1.807) is 38.1 Å². The predicted octanol–water partition coefficient (Wildman–Crippen LogP) is 2.11. The highest BCUT2D eigenvalue weighted by molar-refractivity contribution is 5.95. The van der Waals surface area contributed by atoms with Gasteiger partial charge in [-0.15, -0.1) is 0 Å². The Morgan fingerprint density at radius 1 is 1.27 bits per heavy atom. The first kappa shape index (κ1) is 15.7. The molecule has 1 aromatic heterocycles. The lowest BCUT2D eigenvalue weighted by Gasteiger charge is -2.25. The molecule has 22 heavy (non-hydrogen) atoms. The minimum absolute atomic E-state index is 0.00401. The van der Waals surface area contributed by atoms with Gasteiger partial charge in [-0.05, 0) is 32.4 Å². The van der Waals surface area contributed by atoms with Crippen molar-refractivity contribution >= 4 is 11.9 Å². The number of nitrogens with one attached hydrogen (secondary N) is 1. The minimum atomic E-state index is -0.883. The number of aliphatic carboxylic acids is 1. The van der Waals surface area contributed by atoms with Crippen molar-refractivity contribution < 1.29 is 19.2 Å². The van der Waals surface area contributed by atoms with Crippen LogP contribution in [0.3, 0.4) is 0 Å². The van der Waals surface area contributed by atoms with Crippen molar-refractivity contribution in [3.8, 4) is 11.4 Å². The molecule has 1 amide bonds. The molecule has 1 heterocycles. The van der Waals surface area contributed by atoms with Crippen molar-refractivity contribution in [1.82, 2.24) is 15.5 Å². The van der Waals surface area contributed by atoms with E-state index in [4.69, 9.17) is 5.11 Å². The van der Waals surface area contributed by atoms with Gasteiger partial charge in [0.25, 0.3) is 5.91 Å². The fourth-order valence-corrected chi connectivity index (χ4v) is 1.93. The molecule has 2 aromatic rings. The summed E-state index contributed by atoms with van der Waals surface area (Å²) in [5.74, 6) is -0.685. The molecule has 0 aliphatic rings. The van der Waals surface area contributed by atoms with Crippen LogP contribution in [-0.2, 0) is 4.79 Å². The SMILES string of the molecule is CC(C)(CCC(=O)O)NC(=O)c1ccc(-c2ncon2)cc1. The third kappa shape index (κ3) is 4.15. The second kappa shape index (κ2) is 6.38. The van der Waals surface area contributed by atoms with Crippen molar-refractivity contribution in [3.63, 3.8) is 0 Å². The van der Waals surface area contributed by atoms with E-state index in [1.807, 2.05) is 0 Å². The van der Waals surface area contributed by atoms with Crippen LogP contribution >= 0.6 is 0 Å². The smallest absolute Gasteiger partial charge is 0.303 e. The van der Waals surface area contributed by atoms with Crippen LogP contribution in [-0.4, -0.2) is 32.7 Å². The van der Waals surface area contributed by atoms with Gasteiger partial charge in [0.2, 0.25) is 12.2 Å². The molecule has 0 spiro atoms. The molecule has 2 N–H and O–H groups in total. The molecule has 2 rings (SSSR count). The molecule has 116 valence electrons. The van der Waals surface area contributed by atoms with Crippen LogP contribution in [0.4, 0.5) is 0 Å². The van der Waals surface area contributed by atoms with Crippen LogP contribution in [0.5, 0.6) is 0 Å². The van der Waals surface area contributed by atoms with Crippen molar-refractivity contribution in [2.24, 2.45) is 0 Å². The summed E-state index contributed by atoms with van der Waals surface area (Å²) >= 11 is 0. The third-order valence-corrected chi connectivity index (χ3v) is 3.18. The number of carboxylic acids is 1. The standard InChI is InChI=1S/C15H17N3O4/c1-15(2,8-7-12(19)20)17-14(21)11-5-3-10(4-6-11)13-16-9-22-18-13/h3-6,9H,7-8H2,1-2H3,(H,17,21)(H,19,20). The van der Waals surface area contributed by atoms with Crippen LogP contribution in [0.1, 0.15) is 37.0 Å². The summed E-state index contributed by atoms with van der Waals surface area (Å²) in [6, 6.07) is 6.77. The monoisotopic (exact) mass is 303 g/mol. The third-order valence-electron chi connectivity index (χ3n) is 3.18. The Kier molecular flexibility index (Phi) is 4.55. The summed E-state index contributed by atoms with van der Waals surface area (Å²) in [5, 5.41) is 15.3. The topological polar surface area (TPSA) is 105 Å². The van der Waals surface area contributed by atoms with Gasteiger partial charge in [-0.2, -0.15) is 4.98 Å². The molecular weight excluding hydrogens is 286 g/mol. The summed E-state index contributed by atoms with van der Waals surface area (Å²) in [6.45, 7) is 3.59. The van der Waals surface area contributed by atoms with E-state index in [9.17, 15) is 9.59 Å². The number of benzene rings is 1. The van der Waals surface area contributed by atoms with E-state index < -0.39 is 11.5 Å². The molecule has 7 nitrogen and oxygen atoms in total. The van der Waals surface area contributed by atoms with Crippen molar-refractivity contribution in [2.75, 3.05) is 0 Å². The van der Waals surface area contributed by atoms with Gasteiger partial charge >= 0.3 is 5.97 Å². The number of aromatic nitrogens is 2. The first-order chi connectivity index (χ1) is 10.4.